The van der Waals surface area contributed by atoms with Gasteiger partial charge in [0.15, 0.2) is 0 Å². The summed E-state index contributed by atoms with van der Waals surface area (Å²) in [4.78, 5) is 2.52. The van der Waals surface area contributed by atoms with E-state index < -0.39 is 0 Å². The highest BCUT2D eigenvalue weighted by Crippen LogP contribution is 2.31. The molecule has 4 heteroatoms. The lowest BCUT2D eigenvalue weighted by Gasteiger charge is -2.14. The summed E-state index contributed by atoms with van der Waals surface area (Å²) in [6.45, 7) is 4.42. The van der Waals surface area contributed by atoms with Crippen LogP contribution in [-0.4, -0.2) is 31.1 Å². The Kier molecular flexibility index (Phi) is 5.61. The molecule has 2 nitrogen and oxygen atoms in total. The van der Waals surface area contributed by atoms with Crippen LogP contribution < -0.4 is 4.74 Å². The van der Waals surface area contributed by atoms with Crippen LogP contribution in [0.1, 0.15) is 25.7 Å². The maximum absolute atomic E-state index is 6.04. The maximum Gasteiger partial charge on any atom is 0.139 e. The molecule has 1 aliphatic rings. The fourth-order valence-electron chi connectivity index (χ4n) is 2.22. The van der Waals surface area contributed by atoms with Crippen LogP contribution in [0.3, 0.4) is 0 Å². The number of benzene rings is 1. The molecule has 0 spiro atoms. The molecule has 0 N–H and O–H groups in total. The number of nitrogens with zero attached hydrogens (tertiary/aromatic N) is 1. The molecular formula is C14H19Cl2NO. The van der Waals surface area contributed by atoms with E-state index in [-0.39, 0.29) is 0 Å². The zero-order valence-electron chi connectivity index (χ0n) is 10.5. The van der Waals surface area contributed by atoms with Gasteiger partial charge in [-0.3, -0.25) is 0 Å². The molecular weight excluding hydrogens is 269 g/mol. The van der Waals surface area contributed by atoms with Crippen molar-refractivity contribution in [1.82, 2.24) is 4.90 Å². The van der Waals surface area contributed by atoms with Crippen molar-refractivity contribution in [3.63, 3.8) is 0 Å². The molecule has 100 valence electrons. The predicted octanol–water partition coefficient (Wildman–Crippen LogP) is 4.25. The Hall–Kier alpha value is -0.440. The SMILES string of the molecule is Clc1cccc(OCCCCN2CCCC2)c1Cl. The topological polar surface area (TPSA) is 12.5 Å². The monoisotopic (exact) mass is 287 g/mol. The molecule has 0 atom stereocenters. The summed E-state index contributed by atoms with van der Waals surface area (Å²) in [6, 6.07) is 5.48. The van der Waals surface area contributed by atoms with Crippen molar-refractivity contribution in [2.75, 3.05) is 26.2 Å². The smallest absolute Gasteiger partial charge is 0.139 e. The van der Waals surface area contributed by atoms with Gasteiger partial charge in [-0.15, -0.1) is 0 Å². The van der Waals surface area contributed by atoms with E-state index in [2.05, 4.69) is 4.90 Å². The first-order chi connectivity index (χ1) is 8.77. The molecule has 0 amide bonds. The van der Waals surface area contributed by atoms with E-state index in [1.807, 2.05) is 12.1 Å². The Bertz CT molecular complexity index is 378. The fraction of sp³-hybridized carbons (Fsp3) is 0.571. The number of hydrogen-bond donors (Lipinski definition) is 0. The van der Waals surface area contributed by atoms with E-state index in [9.17, 15) is 0 Å². The van der Waals surface area contributed by atoms with Crippen LogP contribution in [0.2, 0.25) is 10.0 Å². The second-order valence-corrected chi connectivity index (χ2v) is 5.44. The summed E-state index contributed by atoms with van der Waals surface area (Å²) >= 11 is 12.0. The number of likely N-dealkylation sites (tertiary alicyclic amines) is 1. The lowest BCUT2D eigenvalue weighted by atomic mass is 10.3. The molecule has 0 bridgehead atoms. The molecule has 1 fully saturated rings. The van der Waals surface area contributed by atoms with Crippen molar-refractivity contribution in [2.45, 2.75) is 25.7 Å². The number of halogens is 2. The minimum absolute atomic E-state index is 0.513. The lowest BCUT2D eigenvalue weighted by Crippen LogP contribution is -2.20. The third-order valence-corrected chi connectivity index (χ3v) is 4.04. The van der Waals surface area contributed by atoms with E-state index in [0.29, 0.717) is 22.4 Å². The Balaban J connectivity index is 1.64. The van der Waals surface area contributed by atoms with Gasteiger partial charge in [0.25, 0.3) is 0 Å². The van der Waals surface area contributed by atoms with Crippen molar-refractivity contribution in [2.24, 2.45) is 0 Å². The van der Waals surface area contributed by atoms with Crippen LogP contribution in [0.5, 0.6) is 5.75 Å². The van der Waals surface area contributed by atoms with Crippen LogP contribution >= 0.6 is 23.2 Å². The summed E-state index contributed by atoms with van der Waals surface area (Å²) in [6.07, 6.45) is 4.95. The Labute approximate surface area is 119 Å². The Morgan fingerprint density at radius 3 is 2.67 bits per heavy atom. The Morgan fingerprint density at radius 2 is 1.89 bits per heavy atom. The average Bonchev–Trinajstić information content (AvgIpc) is 2.87. The van der Waals surface area contributed by atoms with E-state index in [4.69, 9.17) is 27.9 Å². The highest BCUT2D eigenvalue weighted by Gasteiger charge is 2.10. The van der Waals surface area contributed by atoms with Crippen molar-refractivity contribution in [3.8, 4) is 5.75 Å². The second kappa shape index (κ2) is 7.22. The van der Waals surface area contributed by atoms with Crippen LogP contribution in [-0.2, 0) is 0 Å². The first kappa shape index (κ1) is 14.0. The summed E-state index contributed by atoms with van der Waals surface area (Å²) < 4.78 is 5.65. The van der Waals surface area contributed by atoms with Gasteiger partial charge in [-0.1, -0.05) is 29.3 Å². The van der Waals surface area contributed by atoms with Crippen LogP contribution in [0.25, 0.3) is 0 Å². The van der Waals surface area contributed by atoms with Crippen molar-refractivity contribution in [1.29, 1.82) is 0 Å². The van der Waals surface area contributed by atoms with Crippen molar-refractivity contribution >= 4 is 23.2 Å². The zero-order chi connectivity index (χ0) is 12.8. The van der Waals surface area contributed by atoms with E-state index in [0.717, 1.165) is 6.42 Å². The van der Waals surface area contributed by atoms with Gasteiger partial charge in [0.05, 0.1) is 11.6 Å². The number of rotatable bonds is 6. The molecule has 0 radical (unpaired) electrons. The summed E-state index contributed by atoms with van der Waals surface area (Å²) in [5.41, 5.74) is 0. The normalized spacial score (nSPS) is 16.1. The third-order valence-electron chi connectivity index (χ3n) is 3.24. The van der Waals surface area contributed by atoms with Crippen molar-refractivity contribution in [3.05, 3.63) is 28.2 Å². The van der Waals surface area contributed by atoms with Gasteiger partial charge in [0.2, 0.25) is 0 Å². The lowest BCUT2D eigenvalue weighted by molar-refractivity contribution is 0.280. The van der Waals surface area contributed by atoms with E-state index >= 15 is 0 Å². The molecule has 1 aromatic rings. The van der Waals surface area contributed by atoms with Gasteiger partial charge in [-0.2, -0.15) is 0 Å². The van der Waals surface area contributed by atoms with Gasteiger partial charge < -0.3 is 9.64 Å². The highest BCUT2D eigenvalue weighted by atomic mass is 35.5. The maximum atomic E-state index is 6.04. The minimum atomic E-state index is 0.513. The largest absolute Gasteiger partial charge is 0.492 e. The highest BCUT2D eigenvalue weighted by molar-refractivity contribution is 6.42. The minimum Gasteiger partial charge on any atom is -0.492 e. The van der Waals surface area contributed by atoms with Gasteiger partial charge >= 0.3 is 0 Å². The third kappa shape index (κ3) is 4.04. The van der Waals surface area contributed by atoms with E-state index in [1.54, 1.807) is 6.07 Å². The average molecular weight is 288 g/mol. The van der Waals surface area contributed by atoms with Gasteiger partial charge in [0.1, 0.15) is 10.8 Å². The van der Waals surface area contributed by atoms with Gasteiger partial charge in [-0.25, -0.2) is 0 Å². The molecule has 1 aliphatic heterocycles. The first-order valence-electron chi connectivity index (χ1n) is 6.56. The zero-order valence-corrected chi connectivity index (χ0v) is 12.0. The fourth-order valence-corrected chi connectivity index (χ4v) is 2.57. The molecule has 1 aromatic carbocycles. The Morgan fingerprint density at radius 1 is 1.11 bits per heavy atom. The molecule has 0 aromatic heterocycles. The molecule has 0 unspecified atom stereocenters. The quantitative estimate of drug-likeness (QED) is 0.726. The van der Waals surface area contributed by atoms with Crippen molar-refractivity contribution < 1.29 is 4.74 Å². The molecule has 0 aliphatic carbocycles. The number of hydrogen-bond acceptors (Lipinski definition) is 2. The van der Waals surface area contributed by atoms with E-state index in [1.165, 1.54) is 38.9 Å². The second-order valence-electron chi connectivity index (χ2n) is 4.66. The molecule has 18 heavy (non-hydrogen) atoms. The standard InChI is InChI=1S/C14H19Cl2NO/c15-12-6-5-7-13(14(12)16)18-11-4-3-10-17-8-1-2-9-17/h5-7H,1-4,8-11H2. The van der Waals surface area contributed by atoms with Crippen LogP contribution in [0, 0.1) is 0 Å². The number of unbranched alkanes of at least 4 members (excludes halogenated alkanes) is 1. The van der Waals surface area contributed by atoms with Gasteiger partial charge in [-0.05, 0) is 57.5 Å². The molecule has 2 rings (SSSR count). The van der Waals surface area contributed by atoms with Gasteiger partial charge in [0, 0.05) is 0 Å². The van der Waals surface area contributed by atoms with Crippen LogP contribution in [0.4, 0.5) is 0 Å². The first-order valence-corrected chi connectivity index (χ1v) is 7.32. The molecule has 1 heterocycles. The molecule has 0 saturated carbocycles. The number of ether oxygens (including phenoxy) is 1. The summed E-state index contributed by atoms with van der Waals surface area (Å²) in [5, 5.41) is 1.06. The summed E-state index contributed by atoms with van der Waals surface area (Å²) in [5.74, 6) is 0.685. The summed E-state index contributed by atoms with van der Waals surface area (Å²) in [7, 11) is 0. The molecule has 1 saturated heterocycles. The predicted molar refractivity (Wildman–Crippen MR) is 76.9 cm³/mol. The van der Waals surface area contributed by atoms with Crippen LogP contribution in [0.15, 0.2) is 18.2 Å².